The lowest BCUT2D eigenvalue weighted by Gasteiger charge is -2.20. The number of oxazole rings is 1. The summed E-state index contributed by atoms with van der Waals surface area (Å²) in [6.45, 7) is 0.536. The monoisotopic (exact) mass is 264 g/mol. The van der Waals surface area contributed by atoms with Crippen LogP contribution in [0.1, 0.15) is 16.6 Å². The molecule has 1 unspecified atom stereocenters. The summed E-state index contributed by atoms with van der Waals surface area (Å²) < 4.78 is 5.22. The largest absolute Gasteiger partial charge is 0.432 e. The molecule has 3 rings (SSSR count). The molecule has 6 nitrogen and oxygen atoms in total. The number of rotatable bonds is 2. The molecule has 2 aromatic rings. The number of anilines is 1. The van der Waals surface area contributed by atoms with Crippen LogP contribution in [0, 0.1) is 0 Å². The van der Waals surface area contributed by atoms with Crippen molar-refractivity contribution in [3.05, 3.63) is 28.5 Å². The molecule has 0 saturated carbocycles. The molecule has 7 heteroatoms. The Morgan fingerprint density at radius 2 is 2.44 bits per heavy atom. The van der Waals surface area contributed by atoms with Gasteiger partial charge in [-0.3, -0.25) is 9.69 Å². The second-order valence-electron chi connectivity index (χ2n) is 3.94. The number of aromatic nitrogens is 2. The van der Waals surface area contributed by atoms with Gasteiger partial charge in [-0.05, 0) is 7.05 Å². The minimum Gasteiger partial charge on any atom is -0.432 e. The molecule has 0 saturated heterocycles. The van der Waals surface area contributed by atoms with Crippen LogP contribution in [0.15, 0.2) is 22.4 Å². The summed E-state index contributed by atoms with van der Waals surface area (Å²) in [5.41, 5.74) is 2.75. The van der Waals surface area contributed by atoms with Gasteiger partial charge in [0.05, 0.1) is 22.3 Å². The minimum atomic E-state index is -0.373. The number of thiazole rings is 1. The van der Waals surface area contributed by atoms with Crippen molar-refractivity contribution in [3.8, 4) is 0 Å². The van der Waals surface area contributed by atoms with Crippen molar-refractivity contribution < 1.29 is 9.21 Å². The van der Waals surface area contributed by atoms with E-state index in [0.29, 0.717) is 19.0 Å². The fourth-order valence-electron chi connectivity index (χ4n) is 2.09. The molecule has 0 aromatic carbocycles. The Kier molecular flexibility index (Phi) is 2.85. The van der Waals surface area contributed by atoms with Gasteiger partial charge in [-0.2, -0.15) is 0 Å². The van der Waals surface area contributed by atoms with Gasteiger partial charge >= 0.3 is 6.01 Å². The normalized spacial score (nSPS) is 19.7. The van der Waals surface area contributed by atoms with Crippen LogP contribution in [0.4, 0.5) is 6.01 Å². The van der Waals surface area contributed by atoms with Gasteiger partial charge in [0.25, 0.3) is 5.91 Å². The molecule has 94 valence electrons. The second-order valence-corrected chi connectivity index (χ2v) is 4.83. The number of carbonyl (C=O) groups excluding carboxylic acids is 1. The predicted octanol–water partition coefficient (Wildman–Crippen LogP) is 0.981. The Morgan fingerprint density at radius 3 is 3.17 bits per heavy atom. The van der Waals surface area contributed by atoms with Crippen molar-refractivity contribution in [2.45, 2.75) is 12.5 Å². The summed E-state index contributed by atoms with van der Waals surface area (Å²) in [7, 11) is 1.77. The number of nitrogens with zero attached hydrogens (tertiary/aromatic N) is 3. The lowest BCUT2D eigenvalue weighted by atomic mass is 10.2. The molecule has 0 radical (unpaired) electrons. The van der Waals surface area contributed by atoms with Crippen LogP contribution in [-0.2, 0) is 11.2 Å². The number of hydrogen-bond donors (Lipinski definition) is 1. The van der Waals surface area contributed by atoms with E-state index in [1.807, 2.05) is 0 Å². The van der Waals surface area contributed by atoms with E-state index in [-0.39, 0.29) is 11.9 Å². The van der Waals surface area contributed by atoms with Crippen molar-refractivity contribution in [2.75, 3.05) is 18.5 Å². The first-order valence-corrected chi connectivity index (χ1v) is 6.49. The van der Waals surface area contributed by atoms with Crippen LogP contribution in [0.25, 0.3) is 0 Å². The molecule has 1 amide bonds. The lowest BCUT2D eigenvalue weighted by molar-refractivity contribution is -0.120. The Labute approximate surface area is 108 Å². The average molecular weight is 264 g/mol. The zero-order valence-corrected chi connectivity index (χ0v) is 10.6. The zero-order valence-electron chi connectivity index (χ0n) is 9.79. The quantitative estimate of drug-likeness (QED) is 0.875. The molecule has 0 bridgehead atoms. The molecule has 0 aliphatic carbocycles. The van der Waals surface area contributed by atoms with Crippen molar-refractivity contribution in [3.63, 3.8) is 0 Å². The molecule has 1 aliphatic rings. The summed E-state index contributed by atoms with van der Waals surface area (Å²) in [5, 5.41) is 3.04. The standard InChI is InChI=1S/C11H12N4O2S/c1-12-8-9-7(14-6-18-9)2-4-15(10(8)16)11-13-3-5-17-11/h3,5-6,8,12H,2,4H2,1H3. The maximum absolute atomic E-state index is 12.5. The van der Waals surface area contributed by atoms with Crippen molar-refractivity contribution >= 4 is 23.3 Å². The van der Waals surface area contributed by atoms with Gasteiger partial charge in [0.15, 0.2) is 0 Å². The van der Waals surface area contributed by atoms with Crippen LogP contribution in [0.2, 0.25) is 0 Å². The molecule has 1 aliphatic heterocycles. The van der Waals surface area contributed by atoms with Gasteiger partial charge in [0, 0.05) is 13.0 Å². The summed E-state index contributed by atoms with van der Waals surface area (Å²) in [6, 6.07) is -0.0303. The van der Waals surface area contributed by atoms with E-state index in [2.05, 4.69) is 15.3 Å². The highest BCUT2D eigenvalue weighted by Gasteiger charge is 2.33. The predicted molar refractivity (Wildman–Crippen MR) is 66.5 cm³/mol. The van der Waals surface area contributed by atoms with Gasteiger partial charge < -0.3 is 9.73 Å². The third kappa shape index (κ3) is 1.72. The SMILES string of the molecule is CNC1C(=O)N(c2ncco2)CCc2ncsc21. The number of amides is 1. The topological polar surface area (TPSA) is 71.3 Å². The van der Waals surface area contributed by atoms with Gasteiger partial charge in [0.1, 0.15) is 12.3 Å². The highest BCUT2D eigenvalue weighted by Crippen LogP contribution is 2.29. The van der Waals surface area contributed by atoms with Gasteiger partial charge in [-0.1, -0.05) is 0 Å². The van der Waals surface area contributed by atoms with Gasteiger partial charge in [-0.25, -0.2) is 9.97 Å². The Hall–Kier alpha value is -1.73. The fourth-order valence-corrected chi connectivity index (χ4v) is 3.03. The molecule has 2 aromatic heterocycles. The first kappa shape index (κ1) is 11.4. The Bertz CT molecular complexity index is 551. The average Bonchev–Trinajstić information content (AvgIpc) is 3.01. The van der Waals surface area contributed by atoms with E-state index < -0.39 is 0 Å². The molecule has 3 heterocycles. The van der Waals surface area contributed by atoms with Crippen molar-refractivity contribution in [1.29, 1.82) is 0 Å². The molecule has 18 heavy (non-hydrogen) atoms. The molecule has 1 N–H and O–H groups in total. The molecule has 0 fully saturated rings. The first-order chi connectivity index (χ1) is 8.81. The fraction of sp³-hybridized carbons (Fsp3) is 0.364. The molecule has 0 spiro atoms. The van der Waals surface area contributed by atoms with Gasteiger partial charge in [0.2, 0.25) is 0 Å². The summed E-state index contributed by atoms with van der Waals surface area (Å²) in [4.78, 5) is 23.4. The molecular weight excluding hydrogens is 252 g/mol. The Morgan fingerprint density at radius 1 is 1.56 bits per heavy atom. The maximum atomic E-state index is 12.5. The minimum absolute atomic E-state index is 0.0528. The van der Waals surface area contributed by atoms with Crippen LogP contribution in [-0.4, -0.2) is 29.5 Å². The number of fused-ring (bicyclic) bond motifs is 1. The van der Waals surface area contributed by atoms with E-state index >= 15 is 0 Å². The highest BCUT2D eigenvalue weighted by molar-refractivity contribution is 7.10. The van der Waals surface area contributed by atoms with Crippen LogP contribution in [0.3, 0.4) is 0 Å². The molecular formula is C11H12N4O2S. The smallest absolute Gasteiger partial charge is 0.304 e. The zero-order chi connectivity index (χ0) is 12.5. The van der Waals surface area contributed by atoms with E-state index in [9.17, 15) is 4.79 Å². The third-order valence-electron chi connectivity index (χ3n) is 2.96. The van der Waals surface area contributed by atoms with Crippen LogP contribution in [0.5, 0.6) is 0 Å². The Balaban J connectivity index is 1.99. The number of likely N-dealkylation sites (N-methyl/N-ethyl adjacent to an activating group) is 1. The van der Waals surface area contributed by atoms with E-state index in [1.54, 1.807) is 17.5 Å². The van der Waals surface area contributed by atoms with Crippen LogP contribution < -0.4 is 10.2 Å². The van der Waals surface area contributed by atoms with Crippen LogP contribution >= 0.6 is 11.3 Å². The van der Waals surface area contributed by atoms with Crippen molar-refractivity contribution in [2.24, 2.45) is 0 Å². The number of carbonyl (C=O) groups is 1. The highest BCUT2D eigenvalue weighted by atomic mass is 32.1. The summed E-state index contributed by atoms with van der Waals surface area (Å²) >= 11 is 1.50. The summed E-state index contributed by atoms with van der Waals surface area (Å²) in [5.74, 6) is -0.0528. The van der Waals surface area contributed by atoms with E-state index in [1.165, 1.54) is 23.8 Å². The summed E-state index contributed by atoms with van der Waals surface area (Å²) in [6.07, 6.45) is 3.72. The number of nitrogens with one attached hydrogen (secondary N) is 1. The third-order valence-corrected chi connectivity index (χ3v) is 3.89. The lowest BCUT2D eigenvalue weighted by Crippen LogP contribution is -2.39. The van der Waals surface area contributed by atoms with E-state index in [4.69, 9.17) is 4.42 Å². The number of hydrogen-bond acceptors (Lipinski definition) is 6. The first-order valence-electron chi connectivity index (χ1n) is 5.61. The van der Waals surface area contributed by atoms with E-state index in [0.717, 1.165) is 10.6 Å². The molecule has 1 atom stereocenters. The second kappa shape index (κ2) is 4.51. The maximum Gasteiger partial charge on any atom is 0.304 e. The van der Waals surface area contributed by atoms with Crippen molar-refractivity contribution in [1.82, 2.24) is 15.3 Å². The van der Waals surface area contributed by atoms with Gasteiger partial charge in [-0.15, -0.1) is 11.3 Å².